The van der Waals surface area contributed by atoms with E-state index >= 15 is 0 Å². The highest BCUT2D eigenvalue weighted by Gasteiger charge is 2.38. The summed E-state index contributed by atoms with van der Waals surface area (Å²) in [5, 5.41) is 3.19. The van der Waals surface area contributed by atoms with Crippen LogP contribution in [-0.4, -0.2) is 31.5 Å². The molecule has 1 saturated heterocycles. The van der Waals surface area contributed by atoms with E-state index in [2.05, 4.69) is 5.32 Å². The summed E-state index contributed by atoms with van der Waals surface area (Å²) in [5.74, 6) is 0.478. The van der Waals surface area contributed by atoms with E-state index in [4.69, 9.17) is 4.74 Å². The summed E-state index contributed by atoms with van der Waals surface area (Å²) in [6.07, 6.45) is 0.924. The molecule has 1 N–H and O–H groups in total. The first-order valence-corrected chi connectivity index (χ1v) is 7.98. The largest absolute Gasteiger partial charge is 0.496 e. The zero-order chi connectivity index (χ0) is 16.9. The molecule has 0 unspecified atom stereocenters. The van der Waals surface area contributed by atoms with Gasteiger partial charge in [-0.25, -0.2) is 4.90 Å². The van der Waals surface area contributed by atoms with Gasteiger partial charge >= 0.3 is 0 Å². The van der Waals surface area contributed by atoms with Crippen LogP contribution in [0.2, 0.25) is 0 Å². The van der Waals surface area contributed by atoms with Crippen LogP contribution < -0.4 is 15.0 Å². The van der Waals surface area contributed by atoms with Gasteiger partial charge in [0, 0.05) is 6.54 Å². The fraction of sp³-hybridized carbons (Fsp3) is 0.263. The quantitative estimate of drug-likeness (QED) is 0.827. The third-order valence-electron chi connectivity index (χ3n) is 4.14. The van der Waals surface area contributed by atoms with Crippen LogP contribution in [0.3, 0.4) is 0 Å². The molecule has 0 bridgehead atoms. The molecule has 5 nitrogen and oxygen atoms in total. The average Bonchev–Trinajstić information content (AvgIpc) is 2.90. The molecule has 0 saturated carbocycles. The molecule has 0 radical (unpaired) electrons. The SMILES string of the molecule is COc1ccccc1CCN[C@H]1CC(=O)N(c2ccccc2)C1=O. The number of carbonyl (C=O) groups is 2. The maximum Gasteiger partial charge on any atom is 0.251 e. The first-order valence-electron chi connectivity index (χ1n) is 7.98. The van der Waals surface area contributed by atoms with Gasteiger partial charge in [-0.15, -0.1) is 0 Å². The third-order valence-corrected chi connectivity index (χ3v) is 4.14. The lowest BCUT2D eigenvalue weighted by molar-refractivity contribution is -0.121. The van der Waals surface area contributed by atoms with Crippen molar-refractivity contribution in [2.24, 2.45) is 0 Å². The Labute approximate surface area is 141 Å². The van der Waals surface area contributed by atoms with Gasteiger partial charge in [-0.05, 0) is 30.2 Å². The van der Waals surface area contributed by atoms with Gasteiger partial charge in [0.05, 0.1) is 25.3 Å². The summed E-state index contributed by atoms with van der Waals surface area (Å²) in [6.45, 7) is 0.604. The Balaban J connectivity index is 1.61. The predicted octanol–water partition coefficient (Wildman–Crippen LogP) is 2.16. The summed E-state index contributed by atoms with van der Waals surface area (Å²) >= 11 is 0. The number of para-hydroxylation sites is 2. The van der Waals surface area contributed by atoms with Gasteiger partial charge in [0.2, 0.25) is 5.91 Å². The van der Waals surface area contributed by atoms with Crippen molar-refractivity contribution in [1.82, 2.24) is 5.32 Å². The standard InChI is InChI=1S/C19H20N2O3/c1-24-17-10-6-5-7-14(17)11-12-20-16-13-18(22)21(19(16)23)15-8-3-2-4-9-15/h2-10,16,20H,11-13H2,1H3/t16-/m0/s1. The van der Waals surface area contributed by atoms with Crippen LogP contribution in [0, 0.1) is 0 Å². The van der Waals surface area contributed by atoms with Crippen molar-refractivity contribution in [3.63, 3.8) is 0 Å². The molecule has 0 spiro atoms. The number of methoxy groups -OCH3 is 1. The Morgan fingerprint density at radius 3 is 2.54 bits per heavy atom. The van der Waals surface area contributed by atoms with E-state index in [0.29, 0.717) is 12.2 Å². The monoisotopic (exact) mass is 324 g/mol. The second-order valence-electron chi connectivity index (χ2n) is 5.68. The van der Waals surface area contributed by atoms with Crippen LogP contribution in [0.1, 0.15) is 12.0 Å². The molecule has 3 rings (SSSR count). The zero-order valence-electron chi connectivity index (χ0n) is 13.6. The van der Waals surface area contributed by atoms with Gasteiger partial charge < -0.3 is 10.1 Å². The summed E-state index contributed by atoms with van der Waals surface area (Å²) in [4.78, 5) is 25.9. The predicted molar refractivity (Wildman–Crippen MR) is 92.0 cm³/mol. The number of benzene rings is 2. The van der Waals surface area contributed by atoms with Gasteiger partial charge in [0.15, 0.2) is 0 Å². The molecule has 1 atom stereocenters. The first-order chi connectivity index (χ1) is 11.7. The minimum atomic E-state index is -0.465. The molecular weight excluding hydrogens is 304 g/mol. The highest BCUT2D eigenvalue weighted by Crippen LogP contribution is 2.22. The number of ether oxygens (including phenoxy) is 1. The average molecular weight is 324 g/mol. The van der Waals surface area contributed by atoms with Crippen molar-refractivity contribution in [1.29, 1.82) is 0 Å². The zero-order valence-corrected chi connectivity index (χ0v) is 13.6. The van der Waals surface area contributed by atoms with Crippen molar-refractivity contribution in [2.75, 3.05) is 18.6 Å². The number of amides is 2. The van der Waals surface area contributed by atoms with Crippen LogP contribution in [0.5, 0.6) is 5.75 Å². The number of nitrogens with zero attached hydrogens (tertiary/aromatic N) is 1. The maximum atomic E-state index is 12.5. The number of nitrogens with one attached hydrogen (secondary N) is 1. The number of hydrogen-bond acceptors (Lipinski definition) is 4. The van der Waals surface area contributed by atoms with Gasteiger partial charge in [-0.2, -0.15) is 0 Å². The van der Waals surface area contributed by atoms with Gasteiger partial charge in [0.1, 0.15) is 5.75 Å². The Bertz CT molecular complexity index is 730. The van der Waals surface area contributed by atoms with E-state index in [0.717, 1.165) is 17.7 Å². The fourth-order valence-corrected chi connectivity index (χ4v) is 2.93. The highest BCUT2D eigenvalue weighted by atomic mass is 16.5. The summed E-state index contributed by atoms with van der Waals surface area (Å²) in [6, 6.07) is 16.4. The highest BCUT2D eigenvalue weighted by molar-refractivity contribution is 6.22. The van der Waals surface area contributed by atoms with E-state index in [1.165, 1.54) is 4.90 Å². The Hall–Kier alpha value is -2.66. The summed E-state index contributed by atoms with van der Waals surface area (Å²) < 4.78 is 5.32. The molecular formula is C19H20N2O3. The molecule has 5 heteroatoms. The number of anilines is 1. The molecule has 24 heavy (non-hydrogen) atoms. The van der Waals surface area contributed by atoms with Crippen LogP contribution in [0.15, 0.2) is 54.6 Å². The van der Waals surface area contributed by atoms with E-state index < -0.39 is 6.04 Å². The van der Waals surface area contributed by atoms with Crippen molar-refractivity contribution < 1.29 is 14.3 Å². The molecule has 0 aliphatic carbocycles. The molecule has 2 aromatic carbocycles. The summed E-state index contributed by atoms with van der Waals surface area (Å²) in [5.41, 5.74) is 1.70. The number of hydrogen-bond donors (Lipinski definition) is 1. The molecule has 124 valence electrons. The Kier molecular flexibility index (Phi) is 4.91. The van der Waals surface area contributed by atoms with E-state index in [9.17, 15) is 9.59 Å². The van der Waals surface area contributed by atoms with Crippen molar-refractivity contribution in [3.8, 4) is 5.75 Å². The smallest absolute Gasteiger partial charge is 0.251 e. The van der Waals surface area contributed by atoms with Crippen molar-refractivity contribution >= 4 is 17.5 Å². The van der Waals surface area contributed by atoms with Crippen LogP contribution in [-0.2, 0) is 16.0 Å². The van der Waals surface area contributed by atoms with Crippen molar-refractivity contribution in [2.45, 2.75) is 18.9 Å². The van der Waals surface area contributed by atoms with Gasteiger partial charge in [0.25, 0.3) is 5.91 Å². The normalized spacial score (nSPS) is 17.4. The van der Waals surface area contributed by atoms with Crippen LogP contribution in [0.25, 0.3) is 0 Å². The molecule has 1 aliphatic heterocycles. The maximum absolute atomic E-state index is 12.5. The number of carbonyl (C=O) groups excluding carboxylic acids is 2. The molecule has 1 heterocycles. The van der Waals surface area contributed by atoms with E-state index in [1.807, 2.05) is 42.5 Å². The van der Waals surface area contributed by atoms with Crippen molar-refractivity contribution in [3.05, 3.63) is 60.2 Å². The lowest BCUT2D eigenvalue weighted by Crippen LogP contribution is -2.39. The minimum absolute atomic E-state index is 0.166. The van der Waals surface area contributed by atoms with Crippen LogP contribution in [0.4, 0.5) is 5.69 Å². The summed E-state index contributed by atoms with van der Waals surface area (Å²) in [7, 11) is 1.64. The second kappa shape index (κ2) is 7.27. The van der Waals surface area contributed by atoms with Gasteiger partial charge in [-0.3, -0.25) is 9.59 Å². The number of rotatable bonds is 6. The van der Waals surface area contributed by atoms with Crippen LogP contribution >= 0.6 is 0 Å². The van der Waals surface area contributed by atoms with Gasteiger partial charge in [-0.1, -0.05) is 36.4 Å². The van der Waals surface area contributed by atoms with E-state index in [1.54, 1.807) is 19.2 Å². The molecule has 2 aromatic rings. The Morgan fingerprint density at radius 1 is 1.08 bits per heavy atom. The molecule has 1 fully saturated rings. The Morgan fingerprint density at radius 2 is 1.79 bits per heavy atom. The fourth-order valence-electron chi connectivity index (χ4n) is 2.93. The first kappa shape index (κ1) is 16.2. The van der Waals surface area contributed by atoms with E-state index in [-0.39, 0.29) is 18.2 Å². The topological polar surface area (TPSA) is 58.6 Å². The lowest BCUT2D eigenvalue weighted by Gasteiger charge is -2.15. The lowest BCUT2D eigenvalue weighted by atomic mass is 10.1. The molecule has 1 aliphatic rings. The minimum Gasteiger partial charge on any atom is -0.496 e. The molecule has 0 aromatic heterocycles. The number of imide groups is 1. The third kappa shape index (κ3) is 3.31. The molecule has 2 amide bonds. The second-order valence-corrected chi connectivity index (χ2v) is 5.68.